The molecule has 0 saturated carbocycles. The molecule has 0 radical (unpaired) electrons. The van der Waals surface area contributed by atoms with Crippen LogP contribution in [-0.2, 0) is 25.7 Å². The lowest BCUT2D eigenvalue weighted by molar-refractivity contribution is -0.137. The van der Waals surface area contributed by atoms with Gasteiger partial charge in [-0.05, 0) is 49.2 Å². The number of rotatable bonds is 12. The Bertz CT molecular complexity index is 1440. The van der Waals surface area contributed by atoms with Crippen LogP contribution in [0.3, 0.4) is 0 Å². The smallest absolute Gasteiger partial charge is 0.264 e. The topological polar surface area (TPSA) is 161 Å². The standard InChI is InChI=1S/C32H40FN5O6/c1-19-11-12-22(25(33)13-19)17-35-28(40)26(36-29(41)27(20(2)39)37-31(43)32(3,4)5)18-44-24-10-8-9-21(15-24)14-23(16-34)30(42)38(6)7/h8-15,20,26-27,39H,17-18H2,1-7H3,(H,35,40)(H,36,41)(H,37,43)/t20-,26+,27+/m1/s1. The number of likely N-dealkylation sites (N-methyl/N-ethyl adjacent to an activating group) is 1. The lowest BCUT2D eigenvalue weighted by Crippen LogP contribution is -2.59. The van der Waals surface area contributed by atoms with E-state index in [4.69, 9.17) is 4.74 Å². The molecule has 4 N–H and O–H groups in total. The zero-order valence-corrected chi connectivity index (χ0v) is 26.0. The molecule has 2 aromatic carbocycles. The van der Waals surface area contributed by atoms with Crippen molar-refractivity contribution in [1.82, 2.24) is 20.9 Å². The van der Waals surface area contributed by atoms with E-state index in [2.05, 4.69) is 16.0 Å². The zero-order valence-electron chi connectivity index (χ0n) is 26.0. The number of carbonyl (C=O) groups excluding carboxylic acids is 4. The van der Waals surface area contributed by atoms with Crippen LogP contribution in [0.1, 0.15) is 44.4 Å². The van der Waals surface area contributed by atoms with Crippen LogP contribution in [0.5, 0.6) is 5.75 Å². The zero-order chi connectivity index (χ0) is 33.2. The second-order valence-electron chi connectivity index (χ2n) is 11.6. The number of aliphatic hydroxyl groups is 1. The van der Waals surface area contributed by atoms with Gasteiger partial charge in [-0.2, -0.15) is 5.26 Å². The highest BCUT2D eigenvalue weighted by molar-refractivity contribution is 6.01. The third-order valence-electron chi connectivity index (χ3n) is 6.37. The maximum atomic E-state index is 14.4. The largest absolute Gasteiger partial charge is 0.491 e. The highest BCUT2D eigenvalue weighted by Crippen LogP contribution is 2.18. The fourth-order valence-electron chi connectivity index (χ4n) is 3.73. The summed E-state index contributed by atoms with van der Waals surface area (Å²) >= 11 is 0. The molecule has 12 heteroatoms. The number of aryl methyl sites for hydroxylation is 1. The van der Waals surface area contributed by atoms with Crippen molar-refractivity contribution in [3.63, 3.8) is 0 Å². The number of ether oxygens (including phenoxy) is 1. The lowest BCUT2D eigenvalue weighted by Gasteiger charge is -2.27. The van der Waals surface area contributed by atoms with Gasteiger partial charge in [0.05, 0.1) is 6.10 Å². The van der Waals surface area contributed by atoms with Gasteiger partial charge < -0.3 is 30.7 Å². The van der Waals surface area contributed by atoms with Gasteiger partial charge in [-0.1, -0.05) is 45.0 Å². The van der Waals surface area contributed by atoms with Crippen molar-refractivity contribution >= 4 is 29.7 Å². The summed E-state index contributed by atoms with van der Waals surface area (Å²) in [6.07, 6.45) is 0.0952. The Morgan fingerprint density at radius 3 is 2.34 bits per heavy atom. The summed E-state index contributed by atoms with van der Waals surface area (Å²) < 4.78 is 20.2. The van der Waals surface area contributed by atoms with Crippen LogP contribution in [-0.4, -0.2) is 72.5 Å². The van der Waals surface area contributed by atoms with Gasteiger partial charge in [-0.3, -0.25) is 19.2 Å². The van der Waals surface area contributed by atoms with Gasteiger partial charge in [0.1, 0.15) is 41.9 Å². The number of carbonyl (C=O) groups is 4. The number of hydrogen-bond donors (Lipinski definition) is 4. The lowest BCUT2D eigenvalue weighted by atomic mass is 9.94. The highest BCUT2D eigenvalue weighted by Gasteiger charge is 2.33. The van der Waals surface area contributed by atoms with Crippen molar-refractivity contribution in [2.45, 2.75) is 59.4 Å². The Morgan fingerprint density at radius 2 is 1.77 bits per heavy atom. The van der Waals surface area contributed by atoms with E-state index < -0.39 is 53.0 Å². The van der Waals surface area contributed by atoms with Crippen molar-refractivity contribution < 1.29 is 33.4 Å². The van der Waals surface area contributed by atoms with E-state index in [-0.39, 0.29) is 30.0 Å². The first-order chi connectivity index (χ1) is 20.5. The molecule has 2 aromatic rings. The predicted molar refractivity (Wildman–Crippen MR) is 162 cm³/mol. The van der Waals surface area contributed by atoms with Crippen molar-refractivity contribution in [3.05, 3.63) is 70.5 Å². The van der Waals surface area contributed by atoms with E-state index >= 15 is 0 Å². The molecule has 0 saturated heterocycles. The van der Waals surface area contributed by atoms with E-state index in [1.807, 2.05) is 6.07 Å². The monoisotopic (exact) mass is 609 g/mol. The van der Waals surface area contributed by atoms with Gasteiger partial charge >= 0.3 is 0 Å². The average Bonchev–Trinajstić information content (AvgIpc) is 2.94. The normalized spacial score (nSPS) is 13.5. The molecule has 4 amide bonds. The third kappa shape index (κ3) is 10.5. The Labute approximate surface area is 257 Å². The SMILES string of the molecule is Cc1ccc(CNC(=O)[C@H](COc2cccc(C=C(C#N)C(=O)N(C)C)c2)NC(=O)[C@@H](NC(=O)C(C)(C)C)[C@@H](C)O)c(F)c1. The Morgan fingerprint density at radius 1 is 1.09 bits per heavy atom. The van der Waals surface area contributed by atoms with Crippen LogP contribution in [0, 0.1) is 29.5 Å². The summed E-state index contributed by atoms with van der Waals surface area (Å²) in [5.74, 6) is -2.74. The summed E-state index contributed by atoms with van der Waals surface area (Å²) in [6, 6.07) is 10.1. The third-order valence-corrected chi connectivity index (χ3v) is 6.37. The molecule has 0 fully saturated rings. The molecule has 44 heavy (non-hydrogen) atoms. The summed E-state index contributed by atoms with van der Waals surface area (Å²) in [5, 5.41) is 27.3. The second-order valence-corrected chi connectivity index (χ2v) is 11.6. The number of benzene rings is 2. The number of hydrogen-bond acceptors (Lipinski definition) is 7. The van der Waals surface area contributed by atoms with Crippen LogP contribution >= 0.6 is 0 Å². The molecular formula is C32H40FN5O6. The number of amides is 4. The molecule has 11 nitrogen and oxygen atoms in total. The number of nitriles is 1. The predicted octanol–water partition coefficient (Wildman–Crippen LogP) is 2.22. The van der Waals surface area contributed by atoms with E-state index in [0.717, 1.165) is 0 Å². The maximum Gasteiger partial charge on any atom is 0.264 e. The van der Waals surface area contributed by atoms with Gasteiger partial charge in [0.2, 0.25) is 17.7 Å². The first-order valence-corrected chi connectivity index (χ1v) is 13.9. The van der Waals surface area contributed by atoms with Gasteiger partial charge in [0.15, 0.2) is 0 Å². The van der Waals surface area contributed by atoms with E-state index in [1.54, 1.807) is 58.0 Å². The Balaban J connectivity index is 2.30. The molecule has 0 aliphatic carbocycles. The average molecular weight is 610 g/mol. The molecule has 0 unspecified atom stereocenters. The summed E-state index contributed by atoms with van der Waals surface area (Å²) in [7, 11) is 3.05. The van der Waals surface area contributed by atoms with Crippen molar-refractivity contribution in [2.75, 3.05) is 20.7 Å². The molecule has 0 spiro atoms. The van der Waals surface area contributed by atoms with Crippen molar-refractivity contribution in [1.29, 1.82) is 5.26 Å². The minimum absolute atomic E-state index is 0.0959. The Hall–Kier alpha value is -4.76. The first kappa shape index (κ1) is 35.4. The van der Waals surface area contributed by atoms with Crippen molar-refractivity contribution in [2.24, 2.45) is 5.41 Å². The fraction of sp³-hybridized carbons (Fsp3) is 0.406. The minimum Gasteiger partial charge on any atom is -0.491 e. The number of nitrogens with one attached hydrogen (secondary N) is 3. The summed E-state index contributed by atoms with van der Waals surface area (Å²) in [4.78, 5) is 52.5. The van der Waals surface area contributed by atoms with E-state index in [1.165, 1.54) is 44.1 Å². The van der Waals surface area contributed by atoms with Gasteiger partial charge in [-0.15, -0.1) is 0 Å². The molecule has 236 valence electrons. The molecule has 0 heterocycles. The van der Waals surface area contributed by atoms with Crippen LogP contribution in [0.25, 0.3) is 6.08 Å². The molecular weight excluding hydrogens is 569 g/mol. The molecule has 0 aromatic heterocycles. The maximum absolute atomic E-state index is 14.4. The first-order valence-electron chi connectivity index (χ1n) is 13.9. The van der Waals surface area contributed by atoms with Crippen LogP contribution in [0.15, 0.2) is 48.0 Å². The van der Waals surface area contributed by atoms with Crippen LogP contribution < -0.4 is 20.7 Å². The number of aliphatic hydroxyl groups excluding tert-OH is 1. The fourth-order valence-corrected chi connectivity index (χ4v) is 3.73. The van der Waals surface area contributed by atoms with E-state index in [0.29, 0.717) is 11.1 Å². The number of halogens is 1. The highest BCUT2D eigenvalue weighted by atomic mass is 19.1. The minimum atomic E-state index is -1.38. The quantitative estimate of drug-likeness (QED) is 0.212. The van der Waals surface area contributed by atoms with Gasteiger partial charge in [-0.25, -0.2) is 4.39 Å². The van der Waals surface area contributed by atoms with E-state index in [9.17, 15) is 33.9 Å². The molecule has 2 rings (SSSR count). The summed E-state index contributed by atoms with van der Waals surface area (Å²) in [5.41, 5.74) is 0.472. The van der Waals surface area contributed by atoms with Crippen LogP contribution in [0.4, 0.5) is 4.39 Å². The van der Waals surface area contributed by atoms with Crippen molar-refractivity contribution in [3.8, 4) is 11.8 Å². The van der Waals surface area contributed by atoms with Crippen LogP contribution in [0.2, 0.25) is 0 Å². The molecule has 0 aliphatic rings. The molecule has 3 atom stereocenters. The van der Waals surface area contributed by atoms with Gasteiger partial charge in [0, 0.05) is 31.6 Å². The molecule has 0 bridgehead atoms. The Kier molecular flexibility index (Phi) is 12.6. The molecule has 0 aliphatic heterocycles. The summed E-state index contributed by atoms with van der Waals surface area (Å²) in [6.45, 7) is 7.44. The van der Waals surface area contributed by atoms with Gasteiger partial charge in [0.25, 0.3) is 5.91 Å². The number of nitrogens with zero attached hydrogens (tertiary/aromatic N) is 2. The second kappa shape index (κ2) is 15.6.